The SMILES string of the molecule is CN=C(NCCc1ccccn1)NCc1ccc(OC2CCCCC2)cc1. The van der Waals surface area contributed by atoms with Crippen LogP contribution in [0.1, 0.15) is 43.4 Å². The molecule has 3 rings (SSSR count). The Morgan fingerprint density at radius 2 is 1.89 bits per heavy atom. The molecule has 27 heavy (non-hydrogen) atoms. The largest absolute Gasteiger partial charge is 0.490 e. The number of nitrogens with zero attached hydrogens (tertiary/aromatic N) is 2. The molecule has 0 amide bonds. The maximum Gasteiger partial charge on any atom is 0.191 e. The van der Waals surface area contributed by atoms with Crippen LogP contribution in [0.2, 0.25) is 0 Å². The van der Waals surface area contributed by atoms with Crippen molar-refractivity contribution in [2.45, 2.75) is 51.2 Å². The van der Waals surface area contributed by atoms with Crippen LogP contribution >= 0.6 is 0 Å². The lowest BCUT2D eigenvalue weighted by atomic mass is 9.98. The number of aliphatic imine (C=N–C) groups is 1. The minimum Gasteiger partial charge on any atom is -0.490 e. The Hall–Kier alpha value is -2.56. The average Bonchev–Trinajstić information content (AvgIpc) is 2.73. The van der Waals surface area contributed by atoms with Crippen molar-refractivity contribution in [3.05, 3.63) is 59.9 Å². The monoisotopic (exact) mass is 366 g/mol. The fraction of sp³-hybridized carbons (Fsp3) is 0.455. The van der Waals surface area contributed by atoms with Crippen molar-refractivity contribution in [2.75, 3.05) is 13.6 Å². The lowest BCUT2D eigenvalue weighted by Gasteiger charge is -2.23. The van der Waals surface area contributed by atoms with Gasteiger partial charge in [-0.05, 0) is 55.5 Å². The van der Waals surface area contributed by atoms with Gasteiger partial charge in [0, 0.05) is 38.4 Å². The molecule has 144 valence electrons. The number of rotatable bonds is 7. The topological polar surface area (TPSA) is 58.5 Å². The number of hydrogen-bond acceptors (Lipinski definition) is 3. The van der Waals surface area contributed by atoms with Gasteiger partial charge in [0.25, 0.3) is 0 Å². The van der Waals surface area contributed by atoms with E-state index in [1.54, 1.807) is 7.05 Å². The van der Waals surface area contributed by atoms with Crippen molar-refractivity contribution in [1.82, 2.24) is 15.6 Å². The van der Waals surface area contributed by atoms with E-state index in [2.05, 4.69) is 44.9 Å². The number of guanidine groups is 1. The van der Waals surface area contributed by atoms with Crippen LogP contribution in [0.15, 0.2) is 53.7 Å². The number of aromatic nitrogens is 1. The van der Waals surface area contributed by atoms with E-state index in [0.717, 1.165) is 36.9 Å². The zero-order valence-corrected chi connectivity index (χ0v) is 16.2. The summed E-state index contributed by atoms with van der Waals surface area (Å²) in [6.07, 6.45) is 9.39. The fourth-order valence-corrected chi connectivity index (χ4v) is 3.32. The van der Waals surface area contributed by atoms with Gasteiger partial charge >= 0.3 is 0 Å². The molecule has 0 radical (unpaired) electrons. The van der Waals surface area contributed by atoms with Crippen LogP contribution in [0.25, 0.3) is 0 Å². The van der Waals surface area contributed by atoms with Crippen LogP contribution in [0, 0.1) is 0 Å². The van der Waals surface area contributed by atoms with Crippen LogP contribution < -0.4 is 15.4 Å². The molecular weight excluding hydrogens is 336 g/mol. The molecule has 2 aromatic rings. The molecule has 0 spiro atoms. The predicted molar refractivity (Wildman–Crippen MR) is 110 cm³/mol. The van der Waals surface area contributed by atoms with Gasteiger partial charge in [0.2, 0.25) is 0 Å². The van der Waals surface area contributed by atoms with Gasteiger partial charge in [0.05, 0.1) is 6.10 Å². The molecule has 1 fully saturated rings. The molecule has 1 aromatic heterocycles. The lowest BCUT2D eigenvalue weighted by molar-refractivity contribution is 0.155. The molecule has 0 bridgehead atoms. The highest BCUT2D eigenvalue weighted by Crippen LogP contribution is 2.23. The zero-order valence-electron chi connectivity index (χ0n) is 16.2. The number of pyridine rings is 1. The van der Waals surface area contributed by atoms with E-state index in [9.17, 15) is 0 Å². The maximum absolute atomic E-state index is 6.09. The molecule has 2 N–H and O–H groups in total. The highest BCUT2D eigenvalue weighted by atomic mass is 16.5. The van der Waals surface area contributed by atoms with Crippen molar-refractivity contribution in [3.8, 4) is 5.75 Å². The molecule has 1 aromatic carbocycles. The number of nitrogens with one attached hydrogen (secondary N) is 2. The normalized spacial score (nSPS) is 15.4. The van der Waals surface area contributed by atoms with Crippen molar-refractivity contribution in [2.24, 2.45) is 4.99 Å². The van der Waals surface area contributed by atoms with Gasteiger partial charge in [-0.3, -0.25) is 9.98 Å². The van der Waals surface area contributed by atoms with Gasteiger partial charge in [-0.25, -0.2) is 0 Å². The second kappa shape index (κ2) is 10.6. The first kappa shape index (κ1) is 19.2. The Balaban J connectivity index is 1.40. The molecule has 0 saturated heterocycles. The van der Waals surface area contributed by atoms with Crippen LogP contribution in [0.5, 0.6) is 5.75 Å². The molecule has 1 saturated carbocycles. The van der Waals surface area contributed by atoms with E-state index < -0.39 is 0 Å². The lowest BCUT2D eigenvalue weighted by Crippen LogP contribution is -2.37. The molecule has 0 atom stereocenters. The van der Waals surface area contributed by atoms with Crippen molar-refractivity contribution in [3.63, 3.8) is 0 Å². The summed E-state index contributed by atoms with van der Waals surface area (Å²) in [6, 6.07) is 14.4. The van der Waals surface area contributed by atoms with Crippen LogP contribution in [0.3, 0.4) is 0 Å². The highest BCUT2D eigenvalue weighted by molar-refractivity contribution is 5.79. The Labute approximate surface area is 162 Å². The molecule has 5 nitrogen and oxygen atoms in total. The molecule has 1 aliphatic rings. The second-order valence-electron chi connectivity index (χ2n) is 6.95. The summed E-state index contributed by atoms with van der Waals surface area (Å²) in [4.78, 5) is 8.61. The molecule has 5 heteroatoms. The number of hydrogen-bond donors (Lipinski definition) is 2. The third kappa shape index (κ3) is 6.59. The summed E-state index contributed by atoms with van der Waals surface area (Å²) in [6.45, 7) is 1.53. The highest BCUT2D eigenvalue weighted by Gasteiger charge is 2.14. The van der Waals surface area contributed by atoms with Crippen molar-refractivity contribution in [1.29, 1.82) is 0 Å². The first-order chi connectivity index (χ1) is 13.3. The summed E-state index contributed by atoms with van der Waals surface area (Å²) >= 11 is 0. The first-order valence-corrected chi connectivity index (χ1v) is 9.93. The molecule has 1 heterocycles. The Kier molecular flexibility index (Phi) is 7.51. The summed E-state index contributed by atoms with van der Waals surface area (Å²) in [7, 11) is 1.79. The van der Waals surface area contributed by atoms with E-state index in [1.165, 1.54) is 37.7 Å². The van der Waals surface area contributed by atoms with E-state index in [1.807, 2.05) is 24.4 Å². The third-order valence-corrected chi connectivity index (χ3v) is 4.86. The summed E-state index contributed by atoms with van der Waals surface area (Å²) in [5, 5.41) is 6.68. The van der Waals surface area contributed by atoms with Crippen molar-refractivity contribution < 1.29 is 4.74 Å². The number of ether oxygens (including phenoxy) is 1. The van der Waals surface area contributed by atoms with E-state index in [-0.39, 0.29) is 0 Å². The fourth-order valence-electron chi connectivity index (χ4n) is 3.32. The molecular formula is C22H30N4O. The predicted octanol–water partition coefficient (Wildman–Crippen LogP) is 3.70. The van der Waals surface area contributed by atoms with Gasteiger partial charge in [-0.15, -0.1) is 0 Å². The van der Waals surface area contributed by atoms with Gasteiger partial charge < -0.3 is 15.4 Å². The van der Waals surface area contributed by atoms with Gasteiger partial charge in [-0.1, -0.05) is 24.6 Å². The van der Waals surface area contributed by atoms with E-state index in [4.69, 9.17) is 4.74 Å². The third-order valence-electron chi connectivity index (χ3n) is 4.86. The van der Waals surface area contributed by atoms with Gasteiger partial charge in [0.1, 0.15) is 5.75 Å². The van der Waals surface area contributed by atoms with Crippen LogP contribution in [0.4, 0.5) is 0 Å². The first-order valence-electron chi connectivity index (χ1n) is 9.93. The zero-order chi connectivity index (χ0) is 18.7. The van der Waals surface area contributed by atoms with E-state index in [0.29, 0.717) is 6.10 Å². The van der Waals surface area contributed by atoms with E-state index >= 15 is 0 Å². The van der Waals surface area contributed by atoms with Crippen LogP contribution in [-0.4, -0.2) is 30.6 Å². The van der Waals surface area contributed by atoms with Crippen molar-refractivity contribution >= 4 is 5.96 Å². The molecule has 1 aliphatic carbocycles. The van der Waals surface area contributed by atoms with Crippen LogP contribution in [-0.2, 0) is 13.0 Å². The number of benzene rings is 1. The smallest absolute Gasteiger partial charge is 0.191 e. The Morgan fingerprint density at radius 1 is 1.07 bits per heavy atom. The quantitative estimate of drug-likeness (QED) is 0.579. The van der Waals surface area contributed by atoms with Gasteiger partial charge in [0.15, 0.2) is 5.96 Å². The molecule has 0 unspecified atom stereocenters. The summed E-state index contributed by atoms with van der Waals surface area (Å²) in [5.74, 6) is 1.77. The Morgan fingerprint density at radius 3 is 2.59 bits per heavy atom. The minimum atomic E-state index is 0.393. The average molecular weight is 367 g/mol. The standard InChI is InChI=1S/C22H30N4O/c1-23-22(25-16-14-19-7-5-6-15-24-19)26-17-18-10-12-21(13-11-18)27-20-8-3-2-4-9-20/h5-7,10-13,15,20H,2-4,8-9,14,16-17H2,1H3,(H2,23,25,26). The summed E-state index contributed by atoms with van der Waals surface area (Å²) in [5.41, 5.74) is 2.28. The second-order valence-corrected chi connectivity index (χ2v) is 6.95. The summed E-state index contributed by atoms with van der Waals surface area (Å²) < 4.78 is 6.09. The molecule has 0 aliphatic heterocycles. The maximum atomic E-state index is 6.09. The minimum absolute atomic E-state index is 0.393. The van der Waals surface area contributed by atoms with Gasteiger partial charge in [-0.2, -0.15) is 0 Å². The Bertz CT molecular complexity index is 694.